The maximum atomic E-state index is 13.5. The largest absolute Gasteiger partial charge is 0.481 e. The number of rotatable bonds is 2. The van der Waals surface area contributed by atoms with Gasteiger partial charge < -0.3 is 10.0 Å². The monoisotopic (exact) mass is 279 g/mol. The van der Waals surface area contributed by atoms with Crippen LogP contribution in [0.2, 0.25) is 0 Å². The summed E-state index contributed by atoms with van der Waals surface area (Å²) < 4.78 is 13.5. The zero-order valence-corrected chi connectivity index (χ0v) is 11.6. The minimum Gasteiger partial charge on any atom is -0.481 e. The molecule has 1 saturated heterocycles. The minimum absolute atomic E-state index is 0.0255. The van der Waals surface area contributed by atoms with Crippen molar-refractivity contribution in [3.8, 4) is 0 Å². The van der Waals surface area contributed by atoms with E-state index in [4.69, 9.17) is 5.11 Å². The van der Waals surface area contributed by atoms with Crippen molar-refractivity contribution in [2.24, 2.45) is 5.92 Å². The molecule has 1 aliphatic rings. The molecule has 20 heavy (non-hydrogen) atoms. The van der Waals surface area contributed by atoms with Crippen LogP contribution in [0.3, 0.4) is 0 Å². The Bertz CT molecular complexity index is 544. The van der Waals surface area contributed by atoms with Gasteiger partial charge in [0.25, 0.3) is 5.91 Å². The number of hydrogen-bond donors (Lipinski definition) is 1. The fourth-order valence-corrected chi connectivity index (χ4v) is 2.48. The molecule has 1 fully saturated rings. The molecule has 0 spiro atoms. The van der Waals surface area contributed by atoms with Crippen LogP contribution >= 0.6 is 0 Å². The molecule has 1 aromatic carbocycles. The molecule has 0 saturated carbocycles. The molecule has 2 rings (SSSR count). The second-order valence-corrected chi connectivity index (χ2v) is 5.38. The van der Waals surface area contributed by atoms with Crippen LogP contribution in [0.15, 0.2) is 18.2 Å². The molecule has 2 unspecified atom stereocenters. The fourth-order valence-electron chi connectivity index (χ4n) is 2.48. The van der Waals surface area contributed by atoms with Gasteiger partial charge in [-0.25, -0.2) is 4.39 Å². The molecule has 1 N–H and O–H groups in total. The van der Waals surface area contributed by atoms with Crippen LogP contribution in [-0.2, 0) is 4.79 Å². The normalized spacial score (nSPS) is 22.6. The lowest BCUT2D eigenvalue weighted by atomic mass is 9.93. The number of aryl methyl sites for hydroxylation is 1. The standard InChI is InChI=1S/C15H18FNO3/c1-9-3-5-11(7-13(9)16)14(18)17-8-12(15(19)20)6-4-10(17)2/h3,5,7,10,12H,4,6,8H2,1-2H3,(H,19,20). The summed E-state index contributed by atoms with van der Waals surface area (Å²) in [6.07, 6.45) is 1.22. The Morgan fingerprint density at radius 1 is 1.35 bits per heavy atom. The summed E-state index contributed by atoms with van der Waals surface area (Å²) in [6.45, 7) is 3.71. The lowest BCUT2D eigenvalue weighted by Gasteiger charge is -2.36. The highest BCUT2D eigenvalue weighted by molar-refractivity contribution is 5.94. The lowest BCUT2D eigenvalue weighted by molar-refractivity contribution is -0.143. The second kappa shape index (κ2) is 5.61. The van der Waals surface area contributed by atoms with Crippen LogP contribution in [0.1, 0.15) is 35.7 Å². The smallest absolute Gasteiger partial charge is 0.308 e. The highest BCUT2D eigenvalue weighted by Gasteiger charge is 2.33. The third kappa shape index (κ3) is 2.81. The van der Waals surface area contributed by atoms with Crippen LogP contribution in [0.5, 0.6) is 0 Å². The Morgan fingerprint density at radius 2 is 2.05 bits per heavy atom. The molecule has 1 heterocycles. The van der Waals surface area contributed by atoms with Crippen molar-refractivity contribution in [2.75, 3.05) is 6.54 Å². The number of hydrogen-bond acceptors (Lipinski definition) is 2. The molecule has 108 valence electrons. The predicted molar refractivity (Wildman–Crippen MR) is 72.0 cm³/mol. The van der Waals surface area contributed by atoms with Crippen LogP contribution in [0.25, 0.3) is 0 Å². The van der Waals surface area contributed by atoms with E-state index in [-0.39, 0.29) is 24.1 Å². The van der Waals surface area contributed by atoms with Crippen LogP contribution < -0.4 is 0 Å². The van der Waals surface area contributed by atoms with Gasteiger partial charge in [0.05, 0.1) is 5.92 Å². The third-order valence-electron chi connectivity index (χ3n) is 3.91. The highest BCUT2D eigenvalue weighted by Crippen LogP contribution is 2.24. The van der Waals surface area contributed by atoms with Gasteiger partial charge in [0.2, 0.25) is 0 Å². The highest BCUT2D eigenvalue weighted by atomic mass is 19.1. The first-order valence-electron chi connectivity index (χ1n) is 6.70. The lowest BCUT2D eigenvalue weighted by Crippen LogP contribution is -2.47. The maximum Gasteiger partial charge on any atom is 0.308 e. The molecule has 0 aliphatic carbocycles. The van der Waals surface area contributed by atoms with Gasteiger partial charge in [-0.15, -0.1) is 0 Å². The van der Waals surface area contributed by atoms with E-state index < -0.39 is 17.7 Å². The first kappa shape index (κ1) is 14.5. The average Bonchev–Trinajstić information content (AvgIpc) is 2.41. The molecule has 1 aromatic rings. The number of carbonyl (C=O) groups is 2. The van der Waals surface area contributed by atoms with Crippen molar-refractivity contribution >= 4 is 11.9 Å². The molecule has 0 aromatic heterocycles. The van der Waals surface area contributed by atoms with Gasteiger partial charge in [0.1, 0.15) is 5.82 Å². The number of halogens is 1. The van der Waals surface area contributed by atoms with E-state index in [1.807, 2.05) is 6.92 Å². The summed E-state index contributed by atoms with van der Waals surface area (Å²) in [5.74, 6) is -2.15. The van der Waals surface area contributed by atoms with E-state index >= 15 is 0 Å². The Balaban J connectivity index is 2.21. The van der Waals surface area contributed by atoms with Crippen LogP contribution in [0, 0.1) is 18.7 Å². The summed E-state index contributed by atoms with van der Waals surface area (Å²) in [5.41, 5.74) is 0.752. The van der Waals surface area contributed by atoms with Crippen molar-refractivity contribution < 1.29 is 19.1 Å². The zero-order valence-electron chi connectivity index (χ0n) is 11.6. The summed E-state index contributed by atoms with van der Waals surface area (Å²) in [6, 6.07) is 4.33. The summed E-state index contributed by atoms with van der Waals surface area (Å²) in [7, 11) is 0. The molecule has 2 atom stereocenters. The van der Waals surface area contributed by atoms with E-state index in [0.717, 1.165) is 0 Å². The first-order valence-corrected chi connectivity index (χ1v) is 6.70. The van der Waals surface area contributed by atoms with Crippen molar-refractivity contribution in [1.82, 2.24) is 4.90 Å². The number of amides is 1. The van der Waals surface area contributed by atoms with Gasteiger partial charge >= 0.3 is 5.97 Å². The van der Waals surface area contributed by atoms with E-state index in [2.05, 4.69) is 0 Å². The first-order chi connectivity index (χ1) is 9.40. The molecule has 1 amide bonds. The van der Waals surface area contributed by atoms with Crippen LogP contribution in [0.4, 0.5) is 4.39 Å². The predicted octanol–water partition coefficient (Wildman–Crippen LogP) is 2.46. The van der Waals surface area contributed by atoms with Gasteiger partial charge in [0, 0.05) is 18.2 Å². The second-order valence-electron chi connectivity index (χ2n) is 5.38. The number of benzene rings is 1. The van der Waals surface area contributed by atoms with Crippen molar-refractivity contribution in [2.45, 2.75) is 32.7 Å². The van der Waals surface area contributed by atoms with Gasteiger partial charge in [-0.1, -0.05) is 6.07 Å². The Kier molecular flexibility index (Phi) is 4.06. The van der Waals surface area contributed by atoms with E-state index in [1.165, 1.54) is 11.0 Å². The molecule has 4 nitrogen and oxygen atoms in total. The van der Waals surface area contributed by atoms with Crippen molar-refractivity contribution in [3.63, 3.8) is 0 Å². The molecule has 0 radical (unpaired) electrons. The maximum absolute atomic E-state index is 13.5. The summed E-state index contributed by atoms with van der Waals surface area (Å²) in [4.78, 5) is 25.0. The minimum atomic E-state index is -0.884. The third-order valence-corrected chi connectivity index (χ3v) is 3.91. The number of carbonyl (C=O) groups excluding carboxylic acids is 1. The Hall–Kier alpha value is -1.91. The topological polar surface area (TPSA) is 57.6 Å². The SMILES string of the molecule is Cc1ccc(C(=O)N2CC(C(=O)O)CCC2C)cc1F. The Morgan fingerprint density at radius 3 is 2.65 bits per heavy atom. The number of carboxylic acid groups (broad SMARTS) is 1. The van der Waals surface area contributed by atoms with Gasteiger partial charge in [-0.2, -0.15) is 0 Å². The summed E-state index contributed by atoms with van der Waals surface area (Å²) >= 11 is 0. The van der Waals surface area contributed by atoms with Crippen LogP contribution in [-0.4, -0.2) is 34.5 Å². The quantitative estimate of drug-likeness (QED) is 0.904. The van der Waals surface area contributed by atoms with Gasteiger partial charge in [-0.3, -0.25) is 9.59 Å². The molecule has 0 bridgehead atoms. The number of aliphatic carboxylic acids is 1. The molecule has 1 aliphatic heterocycles. The van der Waals surface area contributed by atoms with E-state index in [9.17, 15) is 14.0 Å². The van der Waals surface area contributed by atoms with E-state index in [1.54, 1.807) is 19.1 Å². The van der Waals surface area contributed by atoms with E-state index in [0.29, 0.717) is 18.4 Å². The average molecular weight is 279 g/mol. The number of likely N-dealkylation sites (tertiary alicyclic amines) is 1. The number of carboxylic acids is 1. The zero-order chi connectivity index (χ0) is 14.9. The number of nitrogens with zero attached hydrogens (tertiary/aromatic N) is 1. The van der Waals surface area contributed by atoms with Gasteiger partial charge in [0.15, 0.2) is 0 Å². The molecular formula is C15H18FNO3. The molecule has 5 heteroatoms. The van der Waals surface area contributed by atoms with Crippen molar-refractivity contribution in [3.05, 3.63) is 35.1 Å². The van der Waals surface area contributed by atoms with Gasteiger partial charge in [-0.05, 0) is 44.4 Å². The molecular weight excluding hydrogens is 261 g/mol. The summed E-state index contributed by atoms with van der Waals surface area (Å²) in [5, 5.41) is 9.08. The fraction of sp³-hybridized carbons (Fsp3) is 0.467. The van der Waals surface area contributed by atoms with Crippen molar-refractivity contribution in [1.29, 1.82) is 0 Å². The Labute approximate surface area is 117 Å². The number of piperidine rings is 1.